The van der Waals surface area contributed by atoms with Crippen LogP contribution in [0.5, 0.6) is 0 Å². The summed E-state index contributed by atoms with van der Waals surface area (Å²) in [6.45, 7) is -0.0798. The first kappa shape index (κ1) is 25.6. The Balaban J connectivity index is 1.59. The van der Waals surface area contributed by atoms with Crippen molar-refractivity contribution in [2.45, 2.75) is 6.54 Å². The number of hydrogen-bond acceptors (Lipinski definition) is 6. The molecule has 0 aliphatic heterocycles. The van der Waals surface area contributed by atoms with Crippen molar-refractivity contribution in [3.8, 4) is 0 Å². The number of primary amides is 2. The number of amides is 5. The molecule has 3 rings (SSSR count). The molecule has 9 N–H and O–H groups in total. The van der Waals surface area contributed by atoms with Crippen LogP contribution in [0.15, 0.2) is 66.7 Å². The molecule has 11 nitrogen and oxygen atoms in total. The first-order valence-electron chi connectivity index (χ1n) is 10.7. The van der Waals surface area contributed by atoms with Gasteiger partial charge < -0.3 is 33.2 Å². The number of carbonyl (C=O) groups is 5. The molecule has 0 fully saturated rings. The van der Waals surface area contributed by atoms with Crippen molar-refractivity contribution in [1.82, 2.24) is 5.32 Å². The molecular weight excluding hydrogens is 464 g/mol. The smallest absolute Gasteiger partial charge is 0.255 e. The lowest BCUT2D eigenvalue weighted by molar-refractivity contribution is -0.115. The Hall–Kier alpha value is -5.03. The molecular formula is C25H24N6O5. The number of rotatable bonds is 9. The zero-order valence-electron chi connectivity index (χ0n) is 19.0. The molecule has 3 aromatic carbocycles. The summed E-state index contributed by atoms with van der Waals surface area (Å²) in [5, 5.41) is 7.55. The van der Waals surface area contributed by atoms with Crippen LogP contribution in [0.25, 0.3) is 0 Å². The zero-order chi connectivity index (χ0) is 26.2. The van der Waals surface area contributed by atoms with Gasteiger partial charge in [0.1, 0.15) is 0 Å². The van der Waals surface area contributed by atoms with Gasteiger partial charge in [0.05, 0.1) is 23.4 Å². The molecule has 184 valence electrons. The second-order valence-electron chi connectivity index (χ2n) is 7.62. The van der Waals surface area contributed by atoms with Crippen molar-refractivity contribution >= 4 is 40.9 Å². The highest BCUT2D eigenvalue weighted by atomic mass is 16.2. The molecule has 0 atom stereocenters. The number of nitrogens with two attached hydrogens (primary N) is 3. The van der Waals surface area contributed by atoms with E-state index in [0.717, 1.165) is 5.56 Å². The van der Waals surface area contributed by atoms with E-state index in [-0.39, 0.29) is 28.3 Å². The van der Waals surface area contributed by atoms with Gasteiger partial charge in [-0.1, -0.05) is 18.2 Å². The topological polar surface area (TPSA) is 200 Å². The summed E-state index contributed by atoms with van der Waals surface area (Å²) in [6.07, 6.45) is 0. The fourth-order valence-electron chi connectivity index (χ4n) is 3.24. The molecule has 0 saturated heterocycles. The number of nitrogens with one attached hydrogen (secondary N) is 3. The molecule has 0 radical (unpaired) electrons. The first-order valence-corrected chi connectivity index (χ1v) is 10.7. The maximum Gasteiger partial charge on any atom is 0.255 e. The van der Waals surface area contributed by atoms with Gasteiger partial charge in [0.25, 0.3) is 23.6 Å². The van der Waals surface area contributed by atoms with Gasteiger partial charge in [-0.25, -0.2) is 0 Å². The van der Waals surface area contributed by atoms with E-state index >= 15 is 0 Å². The number of hydrogen-bond donors (Lipinski definition) is 6. The Bertz CT molecular complexity index is 1290. The Morgan fingerprint density at radius 1 is 0.667 bits per heavy atom. The van der Waals surface area contributed by atoms with Crippen LogP contribution in [0.4, 0.5) is 11.4 Å². The lowest BCUT2D eigenvalue weighted by Gasteiger charge is -2.13. The average Bonchev–Trinajstić information content (AvgIpc) is 2.87. The van der Waals surface area contributed by atoms with Crippen LogP contribution in [0.1, 0.15) is 47.0 Å². The van der Waals surface area contributed by atoms with Gasteiger partial charge in [-0.05, 0) is 54.1 Å². The summed E-state index contributed by atoms with van der Waals surface area (Å²) in [6, 6.07) is 17.0. The average molecular weight is 489 g/mol. The lowest BCUT2D eigenvalue weighted by atomic mass is 10.1. The van der Waals surface area contributed by atoms with Crippen molar-refractivity contribution in [3.05, 3.63) is 94.5 Å². The van der Waals surface area contributed by atoms with Crippen LogP contribution in [0.3, 0.4) is 0 Å². The molecule has 36 heavy (non-hydrogen) atoms. The van der Waals surface area contributed by atoms with E-state index < -0.39 is 30.2 Å². The monoisotopic (exact) mass is 488 g/mol. The molecule has 0 aliphatic carbocycles. The SMILES string of the molecule is NCc1ccc(C(=O)Nc2ccc(C(=O)NCC(=O)Nc3c(C(N)=O)cccc3C(N)=O)cc2)cc1. The normalized spacial score (nSPS) is 10.2. The van der Waals surface area contributed by atoms with Gasteiger partial charge in [0.15, 0.2) is 0 Å². The zero-order valence-corrected chi connectivity index (χ0v) is 19.0. The fourth-order valence-corrected chi connectivity index (χ4v) is 3.24. The summed E-state index contributed by atoms with van der Waals surface area (Å²) >= 11 is 0. The minimum Gasteiger partial charge on any atom is -0.366 e. The van der Waals surface area contributed by atoms with Crippen molar-refractivity contribution in [2.75, 3.05) is 17.2 Å². The Morgan fingerprint density at radius 2 is 1.19 bits per heavy atom. The minimum atomic E-state index is -0.864. The second-order valence-corrected chi connectivity index (χ2v) is 7.62. The van der Waals surface area contributed by atoms with Gasteiger partial charge in [-0.15, -0.1) is 0 Å². The standard InChI is InChI=1S/C25H24N6O5/c26-12-14-4-6-16(7-5-14)25(36)30-17-10-8-15(9-11-17)24(35)29-13-20(32)31-21-18(22(27)33)2-1-3-19(21)23(28)34/h1-11H,12-13,26H2,(H2,27,33)(H2,28,34)(H,29,35)(H,30,36)(H,31,32). The maximum atomic E-state index is 12.4. The van der Waals surface area contributed by atoms with E-state index in [2.05, 4.69) is 16.0 Å². The van der Waals surface area contributed by atoms with Crippen molar-refractivity contribution in [1.29, 1.82) is 0 Å². The number of benzene rings is 3. The third kappa shape index (κ3) is 6.30. The highest BCUT2D eigenvalue weighted by Gasteiger charge is 2.18. The first-order chi connectivity index (χ1) is 17.2. The summed E-state index contributed by atoms with van der Waals surface area (Å²) in [4.78, 5) is 60.5. The lowest BCUT2D eigenvalue weighted by Crippen LogP contribution is -2.34. The maximum absolute atomic E-state index is 12.4. The molecule has 0 heterocycles. The quantitative estimate of drug-likeness (QED) is 0.259. The van der Waals surface area contributed by atoms with E-state index in [4.69, 9.17) is 17.2 Å². The largest absolute Gasteiger partial charge is 0.366 e. The van der Waals surface area contributed by atoms with Gasteiger partial charge in [-0.3, -0.25) is 24.0 Å². The van der Waals surface area contributed by atoms with Crippen LogP contribution in [0.2, 0.25) is 0 Å². The van der Waals surface area contributed by atoms with E-state index in [0.29, 0.717) is 17.8 Å². The number of para-hydroxylation sites is 1. The summed E-state index contributed by atoms with van der Waals surface area (Å²) in [5.41, 5.74) is 17.9. The minimum absolute atomic E-state index is 0.0982. The van der Waals surface area contributed by atoms with Crippen molar-refractivity contribution in [3.63, 3.8) is 0 Å². The molecule has 0 bridgehead atoms. The highest BCUT2D eigenvalue weighted by molar-refractivity contribution is 6.11. The molecule has 5 amide bonds. The third-order valence-corrected chi connectivity index (χ3v) is 5.13. The number of anilines is 2. The predicted octanol–water partition coefficient (Wildman–Crippen LogP) is 0.964. The molecule has 0 saturated carbocycles. The van der Waals surface area contributed by atoms with Gasteiger partial charge in [0.2, 0.25) is 5.91 Å². The van der Waals surface area contributed by atoms with Crippen LogP contribution in [-0.2, 0) is 11.3 Å². The van der Waals surface area contributed by atoms with Crippen molar-refractivity contribution < 1.29 is 24.0 Å². The molecule has 0 unspecified atom stereocenters. The molecule has 3 aromatic rings. The van der Waals surface area contributed by atoms with Crippen LogP contribution >= 0.6 is 0 Å². The summed E-state index contributed by atoms with van der Waals surface area (Å²) in [7, 11) is 0. The van der Waals surface area contributed by atoms with Crippen molar-refractivity contribution in [2.24, 2.45) is 17.2 Å². The van der Waals surface area contributed by atoms with E-state index in [1.54, 1.807) is 36.4 Å². The summed E-state index contributed by atoms with van der Waals surface area (Å²) in [5.74, 6) is -3.31. The van der Waals surface area contributed by atoms with Crippen LogP contribution in [-0.4, -0.2) is 36.1 Å². The van der Waals surface area contributed by atoms with Gasteiger partial charge in [0, 0.05) is 23.4 Å². The second kappa shape index (κ2) is 11.4. The number of carbonyl (C=O) groups excluding carboxylic acids is 5. The molecule has 0 aliphatic rings. The molecule has 0 aromatic heterocycles. The van der Waals surface area contributed by atoms with E-state index in [1.165, 1.54) is 30.3 Å². The Labute approximate surface area is 206 Å². The highest BCUT2D eigenvalue weighted by Crippen LogP contribution is 2.21. The third-order valence-electron chi connectivity index (χ3n) is 5.13. The van der Waals surface area contributed by atoms with E-state index in [9.17, 15) is 24.0 Å². The Morgan fingerprint density at radius 3 is 1.72 bits per heavy atom. The molecule has 0 spiro atoms. The Kier molecular flexibility index (Phi) is 8.10. The van der Waals surface area contributed by atoms with Crippen LogP contribution in [0, 0.1) is 0 Å². The summed E-state index contributed by atoms with van der Waals surface area (Å²) < 4.78 is 0. The van der Waals surface area contributed by atoms with E-state index in [1.807, 2.05) is 0 Å². The van der Waals surface area contributed by atoms with Crippen LogP contribution < -0.4 is 33.2 Å². The fraction of sp³-hybridized carbons (Fsp3) is 0.0800. The molecule has 11 heteroatoms. The van der Waals surface area contributed by atoms with Gasteiger partial charge in [-0.2, -0.15) is 0 Å². The van der Waals surface area contributed by atoms with Gasteiger partial charge >= 0.3 is 0 Å². The predicted molar refractivity (Wildman–Crippen MR) is 133 cm³/mol.